The van der Waals surface area contributed by atoms with Gasteiger partial charge in [-0.15, -0.1) is 0 Å². The van der Waals surface area contributed by atoms with Crippen LogP contribution < -0.4 is 0 Å². The van der Waals surface area contributed by atoms with E-state index in [4.69, 9.17) is 4.74 Å². The van der Waals surface area contributed by atoms with Gasteiger partial charge >= 0.3 is 0 Å². The van der Waals surface area contributed by atoms with Crippen LogP contribution in [-0.4, -0.2) is 22.7 Å². The predicted molar refractivity (Wildman–Crippen MR) is 77.5 cm³/mol. The first kappa shape index (κ1) is 14.5. The fraction of sp³-hybridized carbons (Fsp3) is 0.375. The molecule has 1 unspecified atom stereocenters. The zero-order valence-electron chi connectivity index (χ0n) is 12.2. The highest BCUT2D eigenvalue weighted by Gasteiger charge is 2.21. The number of ketones is 1. The topological polar surface area (TPSA) is 44.1 Å². The van der Waals surface area contributed by atoms with Crippen LogP contribution in [0.3, 0.4) is 0 Å². The molecular weight excluding hydrogens is 252 g/mol. The Kier molecular flexibility index (Phi) is 4.69. The van der Waals surface area contributed by atoms with Crippen molar-refractivity contribution in [3.8, 4) is 0 Å². The summed E-state index contributed by atoms with van der Waals surface area (Å²) in [7, 11) is 1.57. The van der Waals surface area contributed by atoms with Crippen molar-refractivity contribution < 1.29 is 9.53 Å². The van der Waals surface area contributed by atoms with Crippen molar-refractivity contribution in [3.05, 3.63) is 53.3 Å². The number of carbonyl (C=O) groups excluding carboxylic acids is 1. The molecule has 4 heteroatoms. The van der Waals surface area contributed by atoms with E-state index >= 15 is 0 Å². The maximum Gasteiger partial charge on any atom is 0.172 e. The number of rotatable bonds is 6. The number of benzene rings is 1. The number of ether oxygens (including phenoxy) is 1. The standard InChI is InChI=1S/C16H20N2O2/c1-4-18-14(10-12(2)17-18)11-15(19)16(20-3)13-8-6-5-7-9-13/h5-10,16H,4,11H2,1-3H3. The molecule has 0 radical (unpaired) electrons. The van der Waals surface area contributed by atoms with Crippen LogP contribution >= 0.6 is 0 Å². The summed E-state index contributed by atoms with van der Waals surface area (Å²) in [5.74, 6) is 0.0494. The second-order valence-corrected chi connectivity index (χ2v) is 4.76. The maximum atomic E-state index is 12.5. The van der Waals surface area contributed by atoms with E-state index in [-0.39, 0.29) is 5.78 Å². The van der Waals surface area contributed by atoms with Gasteiger partial charge in [-0.25, -0.2) is 0 Å². The van der Waals surface area contributed by atoms with Gasteiger partial charge in [-0.1, -0.05) is 30.3 Å². The highest BCUT2D eigenvalue weighted by atomic mass is 16.5. The molecule has 20 heavy (non-hydrogen) atoms. The Balaban J connectivity index is 2.17. The number of aromatic nitrogens is 2. The molecule has 1 heterocycles. The molecule has 4 nitrogen and oxygen atoms in total. The Morgan fingerprint density at radius 2 is 2.05 bits per heavy atom. The molecule has 2 rings (SSSR count). The molecule has 0 aliphatic carbocycles. The van der Waals surface area contributed by atoms with E-state index in [0.29, 0.717) is 6.42 Å². The van der Waals surface area contributed by atoms with Crippen LogP contribution in [0.5, 0.6) is 0 Å². The smallest absolute Gasteiger partial charge is 0.172 e. The second-order valence-electron chi connectivity index (χ2n) is 4.76. The van der Waals surface area contributed by atoms with Crippen molar-refractivity contribution >= 4 is 5.78 Å². The summed E-state index contributed by atoms with van der Waals surface area (Å²) in [5, 5.41) is 4.36. The molecule has 1 atom stereocenters. The zero-order chi connectivity index (χ0) is 14.5. The lowest BCUT2D eigenvalue weighted by Crippen LogP contribution is -2.18. The molecule has 0 aliphatic rings. The Morgan fingerprint density at radius 3 is 2.65 bits per heavy atom. The highest BCUT2D eigenvalue weighted by Crippen LogP contribution is 2.19. The minimum Gasteiger partial charge on any atom is -0.369 e. The molecule has 0 fully saturated rings. The van der Waals surface area contributed by atoms with Crippen LogP contribution in [0.2, 0.25) is 0 Å². The third-order valence-corrected chi connectivity index (χ3v) is 3.27. The van der Waals surface area contributed by atoms with Gasteiger partial charge in [-0.2, -0.15) is 5.10 Å². The van der Waals surface area contributed by atoms with Crippen LogP contribution in [0.1, 0.15) is 30.0 Å². The molecule has 0 bridgehead atoms. The van der Waals surface area contributed by atoms with Gasteiger partial charge < -0.3 is 4.74 Å². The van der Waals surface area contributed by atoms with Crippen LogP contribution in [-0.2, 0) is 22.5 Å². The van der Waals surface area contributed by atoms with E-state index in [1.165, 1.54) is 0 Å². The number of carbonyl (C=O) groups is 1. The number of aryl methyl sites for hydroxylation is 2. The molecule has 0 N–H and O–H groups in total. The van der Waals surface area contributed by atoms with Gasteiger partial charge in [0.15, 0.2) is 5.78 Å². The van der Waals surface area contributed by atoms with Crippen LogP contribution in [0.25, 0.3) is 0 Å². The molecule has 2 aromatic rings. The zero-order valence-corrected chi connectivity index (χ0v) is 12.2. The van der Waals surface area contributed by atoms with Gasteiger partial charge in [0.05, 0.1) is 12.1 Å². The van der Waals surface area contributed by atoms with Gasteiger partial charge in [0.2, 0.25) is 0 Å². The van der Waals surface area contributed by atoms with E-state index in [0.717, 1.165) is 23.5 Å². The second kappa shape index (κ2) is 6.48. The average molecular weight is 272 g/mol. The predicted octanol–water partition coefficient (Wildman–Crippen LogP) is 2.71. The number of methoxy groups -OCH3 is 1. The lowest BCUT2D eigenvalue weighted by Gasteiger charge is -2.14. The molecule has 0 amide bonds. The average Bonchev–Trinajstić information content (AvgIpc) is 2.80. The molecule has 106 valence electrons. The largest absolute Gasteiger partial charge is 0.369 e. The number of nitrogens with zero attached hydrogens (tertiary/aromatic N) is 2. The van der Waals surface area contributed by atoms with Crippen LogP contribution in [0.4, 0.5) is 0 Å². The molecule has 0 spiro atoms. The summed E-state index contributed by atoms with van der Waals surface area (Å²) in [4.78, 5) is 12.5. The van der Waals surface area contributed by atoms with E-state index in [1.807, 2.05) is 54.9 Å². The van der Waals surface area contributed by atoms with Gasteiger partial charge in [0, 0.05) is 19.3 Å². The van der Waals surface area contributed by atoms with E-state index < -0.39 is 6.10 Å². The first-order valence-electron chi connectivity index (χ1n) is 6.79. The van der Waals surface area contributed by atoms with Crippen molar-refractivity contribution in [2.75, 3.05) is 7.11 Å². The fourth-order valence-corrected chi connectivity index (χ4v) is 2.37. The Morgan fingerprint density at radius 1 is 1.35 bits per heavy atom. The minimum atomic E-state index is -0.517. The number of hydrogen-bond donors (Lipinski definition) is 0. The molecule has 0 aliphatic heterocycles. The van der Waals surface area contributed by atoms with Gasteiger partial charge in [0.25, 0.3) is 0 Å². The van der Waals surface area contributed by atoms with Gasteiger partial charge in [-0.3, -0.25) is 9.48 Å². The normalized spacial score (nSPS) is 12.3. The Hall–Kier alpha value is -1.94. The highest BCUT2D eigenvalue weighted by molar-refractivity contribution is 5.86. The number of Topliss-reactive ketones (excluding diaryl/α,β-unsaturated/α-hetero) is 1. The monoisotopic (exact) mass is 272 g/mol. The van der Waals surface area contributed by atoms with Crippen molar-refractivity contribution in [2.45, 2.75) is 32.9 Å². The quantitative estimate of drug-likeness (QED) is 0.812. The van der Waals surface area contributed by atoms with Gasteiger partial charge in [-0.05, 0) is 25.5 Å². The minimum absolute atomic E-state index is 0.0494. The van der Waals surface area contributed by atoms with Crippen LogP contribution in [0.15, 0.2) is 36.4 Å². The summed E-state index contributed by atoms with van der Waals surface area (Å²) >= 11 is 0. The SMILES string of the molecule is CCn1nc(C)cc1CC(=O)C(OC)c1ccccc1. The lowest BCUT2D eigenvalue weighted by molar-refractivity contribution is -0.128. The van der Waals surface area contributed by atoms with Gasteiger partial charge in [0.1, 0.15) is 6.10 Å². The van der Waals surface area contributed by atoms with E-state index in [9.17, 15) is 4.79 Å². The first-order chi connectivity index (χ1) is 9.65. The van der Waals surface area contributed by atoms with E-state index in [2.05, 4.69) is 5.10 Å². The number of hydrogen-bond acceptors (Lipinski definition) is 3. The molecule has 0 saturated heterocycles. The summed E-state index contributed by atoms with van der Waals surface area (Å²) in [6.07, 6.45) is -0.182. The Labute approximate surface area is 119 Å². The van der Waals surface area contributed by atoms with Crippen molar-refractivity contribution in [1.29, 1.82) is 0 Å². The molecule has 1 aromatic heterocycles. The third-order valence-electron chi connectivity index (χ3n) is 3.27. The van der Waals surface area contributed by atoms with E-state index in [1.54, 1.807) is 7.11 Å². The third kappa shape index (κ3) is 3.14. The summed E-state index contributed by atoms with van der Waals surface area (Å²) in [6.45, 7) is 4.72. The molecule has 1 aromatic carbocycles. The first-order valence-corrected chi connectivity index (χ1v) is 6.79. The fourth-order valence-electron chi connectivity index (χ4n) is 2.37. The summed E-state index contributed by atoms with van der Waals surface area (Å²) in [6, 6.07) is 11.5. The van der Waals surface area contributed by atoms with Crippen molar-refractivity contribution in [1.82, 2.24) is 9.78 Å². The molecular formula is C16H20N2O2. The van der Waals surface area contributed by atoms with Crippen LogP contribution in [0, 0.1) is 6.92 Å². The van der Waals surface area contributed by atoms with Crippen molar-refractivity contribution in [3.63, 3.8) is 0 Å². The summed E-state index contributed by atoms with van der Waals surface area (Å²) < 4.78 is 7.24. The summed E-state index contributed by atoms with van der Waals surface area (Å²) in [5.41, 5.74) is 2.76. The Bertz CT molecular complexity index is 575. The lowest BCUT2D eigenvalue weighted by atomic mass is 10.0. The van der Waals surface area contributed by atoms with Crippen molar-refractivity contribution in [2.24, 2.45) is 0 Å². The molecule has 0 saturated carbocycles. The maximum absolute atomic E-state index is 12.5.